The predicted octanol–water partition coefficient (Wildman–Crippen LogP) is 4.97. The van der Waals surface area contributed by atoms with Crippen LogP contribution in [0, 0.1) is 27.7 Å². The first-order valence-corrected chi connectivity index (χ1v) is 8.44. The summed E-state index contributed by atoms with van der Waals surface area (Å²) < 4.78 is 0. The van der Waals surface area contributed by atoms with Gasteiger partial charge < -0.3 is 5.32 Å². The van der Waals surface area contributed by atoms with E-state index in [1.54, 1.807) is 0 Å². The van der Waals surface area contributed by atoms with E-state index >= 15 is 0 Å². The van der Waals surface area contributed by atoms with E-state index < -0.39 is 0 Å². The van der Waals surface area contributed by atoms with Crippen LogP contribution in [0.15, 0.2) is 41.3 Å². The van der Waals surface area contributed by atoms with Crippen LogP contribution in [0.3, 0.4) is 0 Å². The first-order chi connectivity index (χ1) is 10.0. The second-order valence-corrected chi connectivity index (χ2v) is 6.84. The molecule has 0 aliphatic heterocycles. The number of nitrogens with one attached hydrogen (secondary N) is 1. The lowest BCUT2D eigenvalue weighted by molar-refractivity contribution is 0.657. The lowest BCUT2D eigenvalue weighted by atomic mass is 10.0. The highest BCUT2D eigenvalue weighted by molar-refractivity contribution is 7.99. The molecule has 2 rings (SSSR count). The molecule has 0 aliphatic rings. The summed E-state index contributed by atoms with van der Waals surface area (Å²) in [5.74, 6) is 1.05. The molecule has 21 heavy (non-hydrogen) atoms. The number of rotatable bonds is 5. The van der Waals surface area contributed by atoms with Crippen molar-refractivity contribution < 1.29 is 0 Å². The molecule has 1 nitrogen and oxygen atoms in total. The minimum absolute atomic E-state index is 0.385. The van der Waals surface area contributed by atoms with Crippen molar-refractivity contribution >= 4 is 11.8 Å². The maximum Gasteiger partial charge on any atom is 0.0415 e. The largest absolute Gasteiger partial charge is 0.312 e. The Kier molecular flexibility index (Phi) is 5.49. The second kappa shape index (κ2) is 7.15. The van der Waals surface area contributed by atoms with Gasteiger partial charge in [-0.3, -0.25) is 0 Å². The van der Waals surface area contributed by atoms with Crippen molar-refractivity contribution in [3.63, 3.8) is 0 Å². The van der Waals surface area contributed by atoms with Gasteiger partial charge in [-0.2, -0.15) is 0 Å². The summed E-state index contributed by atoms with van der Waals surface area (Å²) in [6.45, 7) is 8.69. The fourth-order valence-electron chi connectivity index (χ4n) is 2.68. The second-order valence-electron chi connectivity index (χ2n) is 5.78. The SMILES string of the molecule is CNC(CSc1ccc(C)cc1C)c1ccc(C)cc1C. The summed E-state index contributed by atoms with van der Waals surface area (Å²) in [6, 6.07) is 13.8. The summed E-state index contributed by atoms with van der Waals surface area (Å²) in [4.78, 5) is 1.38. The molecule has 0 radical (unpaired) electrons. The molecule has 0 amide bonds. The van der Waals surface area contributed by atoms with Gasteiger partial charge in [-0.1, -0.05) is 41.5 Å². The van der Waals surface area contributed by atoms with Gasteiger partial charge in [0.15, 0.2) is 0 Å². The summed E-state index contributed by atoms with van der Waals surface area (Å²) in [7, 11) is 2.05. The molecule has 112 valence electrons. The van der Waals surface area contributed by atoms with Crippen molar-refractivity contribution in [2.45, 2.75) is 38.6 Å². The maximum absolute atomic E-state index is 3.46. The van der Waals surface area contributed by atoms with Crippen LogP contribution in [0.2, 0.25) is 0 Å². The highest BCUT2D eigenvalue weighted by atomic mass is 32.2. The van der Waals surface area contributed by atoms with Gasteiger partial charge in [-0.05, 0) is 57.5 Å². The molecule has 1 atom stereocenters. The van der Waals surface area contributed by atoms with E-state index in [1.807, 2.05) is 18.8 Å². The number of thioether (sulfide) groups is 1. The Labute approximate surface area is 133 Å². The third kappa shape index (κ3) is 4.12. The van der Waals surface area contributed by atoms with E-state index in [9.17, 15) is 0 Å². The molecule has 0 heterocycles. The van der Waals surface area contributed by atoms with Crippen LogP contribution in [-0.2, 0) is 0 Å². The lowest BCUT2D eigenvalue weighted by Gasteiger charge is -2.19. The summed E-state index contributed by atoms with van der Waals surface area (Å²) in [5.41, 5.74) is 6.80. The first-order valence-electron chi connectivity index (χ1n) is 7.45. The van der Waals surface area contributed by atoms with E-state index in [0.717, 1.165) is 5.75 Å². The maximum atomic E-state index is 3.46. The van der Waals surface area contributed by atoms with Gasteiger partial charge in [0, 0.05) is 16.7 Å². The Bertz CT molecular complexity index is 619. The predicted molar refractivity (Wildman–Crippen MR) is 94.4 cm³/mol. The number of hydrogen-bond donors (Lipinski definition) is 1. The Balaban J connectivity index is 2.12. The molecule has 1 N–H and O–H groups in total. The van der Waals surface area contributed by atoms with Crippen LogP contribution >= 0.6 is 11.8 Å². The fourth-order valence-corrected chi connectivity index (χ4v) is 3.82. The first kappa shape index (κ1) is 16.1. The van der Waals surface area contributed by atoms with Crippen LogP contribution < -0.4 is 5.32 Å². The minimum Gasteiger partial charge on any atom is -0.312 e. The smallest absolute Gasteiger partial charge is 0.0415 e. The van der Waals surface area contributed by atoms with E-state index in [2.05, 4.69) is 69.4 Å². The molecule has 2 heteroatoms. The van der Waals surface area contributed by atoms with E-state index in [0.29, 0.717) is 6.04 Å². The van der Waals surface area contributed by atoms with Crippen molar-refractivity contribution in [3.8, 4) is 0 Å². The highest BCUT2D eigenvalue weighted by Crippen LogP contribution is 2.29. The quantitative estimate of drug-likeness (QED) is 0.782. The zero-order chi connectivity index (χ0) is 15.4. The van der Waals surface area contributed by atoms with Gasteiger partial charge in [0.1, 0.15) is 0 Å². The van der Waals surface area contributed by atoms with Gasteiger partial charge in [0.2, 0.25) is 0 Å². The summed E-state index contributed by atoms with van der Waals surface area (Å²) in [6.07, 6.45) is 0. The van der Waals surface area contributed by atoms with Crippen molar-refractivity contribution in [1.82, 2.24) is 5.32 Å². The van der Waals surface area contributed by atoms with Gasteiger partial charge in [-0.15, -0.1) is 11.8 Å². The zero-order valence-electron chi connectivity index (χ0n) is 13.7. The van der Waals surface area contributed by atoms with Crippen LogP contribution in [0.5, 0.6) is 0 Å². The highest BCUT2D eigenvalue weighted by Gasteiger charge is 2.13. The van der Waals surface area contributed by atoms with Crippen molar-refractivity contribution in [2.24, 2.45) is 0 Å². The van der Waals surface area contributed by atoms with Gasteiger partial charge in [-0.25, -0.2) is 0 Å². The van der Waals surface area contributed by atoms with E-state index in [-0.39, 0.29) is 0 Å². The Morgan fingerprint density at radius 3 is 2.10 bits per heavy atom. The molecule has 0 spiro atoms. The number of hydrogen-bond acceptors (Lipinski definition) is 2. The van der Waals surface area contributed by atoms with Crippen LogP contribution in [0.4, 0.5) is 0 Å². The Morgan fingerprint density at radius 1 is 0.905 bits per heavy atom. The van der Waals surface area contributed by atoms with Crippen molar-refractivity contribution in [3.05, 3.63) is 64.2 Å². The third-order valence-corrected chi connectivity index (χ3v) is 5.15. The molecular formula is C19H25NS. The molecule has 0 saturated heterocycles. The van der Waals surface area contributed by atoms with Crippen LogP contribution in [0.1, 0.15) is 33.9 Å². The Morgan fingerprint density at radius 2 is 1.52 bits per heavy atom. The van der Waals surface area contributed by atoms with E-state index in [1.165, 1.54) is 32.7 Å². The third-order valence-electron chi connectivity index (χ3n) is 3.89. The van der Waals surface area contributed by atoms with Gasteiger partial charge >= 0.3 is 0 Å². The molecule has 0 fully saturated rings. The number of benzene rings is 2. The molecule has 0 aromatic heterocycles. The van der Waals surface area contributed by atoms with E-state index in [4.69, 9.17) is 0 Å². The van der Waals surface area contributed by atoms with Gasteiger partial charge in [0.25, 0.3) is 0 Å². The molecule has 0 saturated carbocycles. The fraction of sp³-hybridized carbons (Fsp3) is 0.368. The van der Waals surface area contributed by atoms with Crippen molar-refractivity contribution in [1.29, 1.82) is 0 Å². The molecular weight excluding hydrogens is 274 g/mol. The average Bonchev–Trinajstić information content (AvgIpc) is 2.43. The van der Waals surface area contributed by atoms with Crippen molar-refractivity contribution in [2.75, 3.05) is 12.8 Å². The monoisotopic (exact) mass is 299 g/mol. The lowest BCUT2D eigenvalue weighted by Crippen LogP contribution is -2.19. The van der Waals surface area contributed by atoms with Crippen LogP contribution in [-0.4, -0.2) is 12.8 Å². The zero-order valence-corrected chi connectivity index (χ0v) is 14.5. The molecule has 2 aromatic rings. The molecule has 1 unspecified atom stereocenters. The number of aryl methyl sites for hydroxylation is 4. The summed E-state index contributed by atoms with van der Waals surface area (Å²) >= 11 is 1.93. The standard InChI is InChI=1S/C19H25NS/c1-13-6-8-17(15(3)10-13)18(20-5)12-21-19-9-7-14(2)11-16(19)4/h6-11,18,20H,12H2,1-5H3. The molecule has 0 aliphatic carbocycles. The Hall–Kier alpha value is -1.25. The topological polar surface area (TPSA) is 12.0 Å². The van der Waals surface area contributed by atoms with Gasteiger partial charge in [0.05, 0.1) is 0 Å². The normalized spacial score (nSPS) is 12.4. The molecule has 2 aromatic carbocycles. The van der Waals surface area contributed by atoms with Crippen LogP contribution in [0.25, 0.3) is 0 Å². The minimum atomic E-state index is 0.385. The molecule has 0 bridgehead atoms. The summed E-state index contributed by atoms with van der Waals surface area (Å²) in [5, 5.41) is 3.46. The average molecular weight is 299 g/mol.